The first-order valence-electron chi connectivity index (χ1n) is 9.02. The molecule has 1 aromatic carbocycles. The van der Waals surface area contributed by atoms with Gasteiger partial charge in [0.15, 0.2) is 0 Å². The summed E-state index contributed by atoms with van der Waals surface area (Å²) in [4.78, 5) is 11.7. The Labute approximate surface area is 141 Å². The third-order valence-corrected chi connectivity index (χ3v) is 5.34. The molecular weight excluding hydrogens is 284 g/mol. The summed E-state index contributed by atoms with van der Waals surface area (Å²) in [5.74, 6) is 1.18. The molecule has 2 rings (SSSR count). The maximum Gasteiger partial charge on any atom is 0.308 e. The van der Waals surface area contributed by atoms with E-state index >= 15 is 0 Å². The van der Waals surface area contributed by atoms with Crippen molar-refractivity contribution >= 4 is 5.97 Å². The second-order valence-corrected chi connectivity index (χ2v) is 7.98. The Morgan fingerprint density at radius 1 is 1.30 bits per heavy atom. The molecule has 0 radical (unpaired) electrons. The van der Waals surface area contributed by atoms with Crippen LogP contribution in [0.15, 0.2) is 18.2 Å². The first kappa shape index (κ1) is 18.0. The largest absolute Gasteiger partial charge is 0.469 e. The molecule has 0 heterocycles. The number of esters is 1. The summed E-state index contributed by atoms with van der Waals surface area (Å²) in [6.45, 7) is 11.3. The van der Waals surface area contributed by atoms with Gasteiger partial charge in [0, 0.05) is 0 Å². The normalized spacial score (nSPS) is 21.8. The van der Waals surface area contributed by atoms with Crippen LogP contribution in [0.1, 0.15) is 76.5 Å². The number of carbonyl (C=O) groups is 1. The fraction of sp³-hybridized carbons (Fsp3) is 0.667. The Hall–Kier alpha value is -1.31. The van der Waals surface area contributed by atoms with Crippen molar-refractivity contribution in [3.8, 4) is 0 Å². The van der Waals surface area contributed by atoms with Crippen molar-refractivity contribution in [1.82, 2.24) is 0 Å². The van der Waals surface area contributed by atoms with Gasteiger partial charge in [0.1, 0.15) is 0 Å². The molecule has 0 N–H and O–H groups in total. The Bertz CT molecular complexity index is 553. The van der Waals surface area contributed by atoms with Crippen LogP contribution in [0.5, 0.6) is 0 Å². The van der Waals surface area contributed by atoms with Gasteiger partial charge in [-0.2, -0.15) is 0 Å². The predicted octanol–water partition coefficient (Wildman–Crippen LogP) is 5.24. The minimum Gasteiger partial charge on any atom is -0.469 e. The number of hydrogen-bond acceptors (Lipinski definition) is 2. The van der Waals surface area contributed by atoms with E-state index in [9.17, 15) is 4.79 Å². The van der Waals surface area contributed by atoms with Crippen LogP contribution in [0.4, 0.5) is 0 Å². The van der Waals surface area contributed by atoms with E-state index in [1.165, 1.54) is 23.8 Å². The molecule has 0 saturated heterocycles. The molecule has 1 aliphatic carbocycles. The average molecular weight is 316 g/mol. The van der Waals surface area contributed by atoms with Gasteiger partial charge >= 0.3 is 5.97 Å². The van der Waals surface area contributed by atoms with E-state index in [1.807, 2.05) is 0 Å². The number of hydrogen-bond donors (Lipinski definition) is 0. The Balaban J connectivity index is 2.21. The van der Waals surface area contributed by atoms with Crippen molar-refractivity contribution < 1.29 is 9.53 Å². The molecular formula is C21H32O2. The molecule has 0 aliphatic heterocycles. The summed E-state index contributed by atoms with van der Waals surface area (Å²) in [5, 5.41) is 0. The molecule has 3 atom stereocenters. The molecule has 2 nitrogen and oxygen atoms in total. The predicted molar refractivity (Wildman–Crippen MR) is 95.8 cm³/mol. The average Bonchev–Trinajstić information content (AvgIpc) is 3.29. The zero-order chi connectivity index (χ0) is 17.2. The van der Waals surface area contributed by atoms with Crippen LogP contribution in [-0.4, -0.2) is 13.1 Å². The highest BCUT2D eigenvalue weighted by Crippen LogP contribution is 2.47. The summed E-state index contributed by atoms with van der Waals surface area (Å²) in [7, 11) is 1.50. The molecule has 2 heteroatoms. The first-order chi connectivity index (χ1) is 10.8. The highest BCUT2D eigenvalue weighted by Gasteiger charge is 2.44. The molecule has 1 aromatic rings. The standard InChI is InChI=1S/C21H32O2/c1-7-14-9-10-17(21(3,4)5)13-18(14)15(8-2)11-16-12-19(16)20(22)23-6/h9-10,13,15-16,19H,7-8,11-12H2,1-6H3. The van der Waals surface area contributed by atoms with Crippen molar-refractivity contribution in [3.63, 3.8) is 0 Å². The van der Waals surface area contributed by atoms with Crippen LogP contribution in [-0.2, 0) is 21.4 Å². The number of rotatable bonds is 6. The second-order valence-electron chi connectivity index (χ2n) is 7.98. The molecule has 0 amide bonds. The van der Waals surface area contributed by atoms with Gasteiger partial charge in [-0.3, -0.25) is 4.79 Å². The lowest BCUT2D eigenvalue weighted by Crippen LogP contribution is -2.14. The molecule has 0 spiro atoms. The quantitative estimate of drug-likeness (QED) is 0.671. The highest BCUT2D eigenvalue weighted by atomic mass is 16.5. The topological polar surface area (TPSA) is 26.3 Å². The lowest BCUT2D eigenvalue weighted by Gasteiger charge is -2.25. The summed E-state index contributed by atoms with van der Waals surface area (Å²) in [6, 6.07) is 7.01. The molecule has 0 bridgehead atoms. The van der Waals surface area contributed by atoms with Gasteiger partial charge in [0.05, 0.1) is 13.0 Å². The van der Waals surface area contributed by atoms with E-state index in [-0.39, 0.29) is 17.3 Å². The minimum absolute atomic E-state index is 0.0241. The van der Waals surface area contributed by atoms with Crippen molar-refractivity contribution in [2.75, 3.05) is 7.11 Å². The highest BCUT2D eigenvalue weighted by molar-refractivity contribution is 5.75. The monoisotopic (exact) mass is 316 g/mol. The summed E-state index contributed by atoms with van der Waals surface area (Å²) >= 11 is 0. The molecule has 1 fully saturated rings. The van der Waals surface area contributed by atoms with Gasteiger partial charge in [0.2, 0.25) is 0 Å². The van der Waals surface area contributed by atoms with Gasteiger partial charge in [0.25, 0.3) is 0 Å². The minimum atomic E-state index is -0.0241. The third-order valence-electron chi connectivity index (χ3n) is 5.34. The fourth-order valence-corrected chi connectivity index (χ4v) is 3.59. The zero-order valence-electron chi connectivity index (χ0n) is 15.6. The van der Waals surface area contributed by atoms with Crippen LogP contribution in [0.25, 0.3) is 0 Å². The van der Waals surface area contributed by atoms with Crippen LogP contribution in [0.2, 0.25) is 0 Å². The number of benzene rings is 1. The smallest absolute Gasteiger partial charge is 0.308 e. The molecule has 0 aromatic heterocycles. The van der Waals surface area contributed by atoms with Gasteiger partial charge in [-0.15, -0.1) is 0 Å². The van der Waals surface area contributed by atoms with Gasteiger partial charge in [-0.1, -0.05) is 52.8 Å². The molecule has 1 saturated carbocycles. The van der Waals surface area contributed by atoms with Crippen LogP contribution in [0.3, 0.4) is 0 Å². The number of carbonyl (C=O) groups excluding carboxylic acids is 1. The first-order valence-corrected chi connectivity index (χ1v) is 9.02. The Morgan fingerprint density at radius 2 is 2.00 bits per heavy atom. The Morgan fingerprint density at radius 3 is 2.52 bits per heavy atom. The summed E-state index contributed by atoms with van der Waals surface area (Å²) < 4.78 is 4.90. The maximum absolute atomic E-state index is 11.7. The number of methoxy groups -OCH3 is 1. The number of ether oxygens (including phenoxy) is 1. The molecule has 128 valence electrons. The van der Waals surface area contributed by atoms with Gasteiger partial charge < -0.3 is 4.74 Å². The number of aryl methyl sites for hydroxylation is 1. The summed E-state index contributed by atoms with van der Waals surface area (Å²) in [6.07, 6.45) is 4.31. The molecule has 23 heavy (non-hydrogen) atoms. The van der Waals surface area contributed by atoms with E-state index in [2.05, 4.69) is 52.8 Å². The Kier molecular flexibility index (Phi) is 5.54. The third kappa shape index (κ3) is 4.16. The fourth-order valence-electron chi connectivity index (χ4n) is 3.59. The van der Waals surface area contributed by atoms with Crippen molar-refractivity contribution in [1.29, 1.82) is 0 Å². The lowest BCUT2D eigenvalue weighted by molar-refractivity contribution is -0.142. The van der Waals surface area contributed by atoms with Gasteiger partial charge in [-0.25, -0.2) is 0 Å². The van der Waals surface area contributed by atoms with E-state index in [0.717, 1.165) is 25.7 Å². The van der Waals surface area contributed by atoms with E-state index in [0.29, 0.717) is 11.8 Å². The van der Waals surface area contributed by atoms with Crippen molar-refractivity contribution in [3.05, 3.63) is 34.9 Å². The van der Waals surface area contributed by atoms with Crippen LogP contribution < -0.4 is 0 Å². The zero-order valence-corrected chi connectivity index (χ0v) is 15.6. The van der Waals surface area contributed by atoms with Crippen molar-refractivity contribution in [2.24, 2.45) is 11.8 Å². The summed E-state index contributed by atoms with van der Waals surface area (Å²) in [5.41, 5.74) is 4.54. The lowest BCUT2D eigenvalue weighted by atomic mass is 9.80. The van der Waals surface area contributed by atoms with Gasteiger partial charge in [-0.05, 0) is 59.6 Å². The second kappa shape index (κ2) is 7.07. The maximum atomic E-state index is 11.7. The SMILES string of the molecule is CCc1ccc(C(C)(C)C)cc1C(CC)CC1CC1C(=O)OC. The van der Waals surface area contributed by atoms with E-state index < -0.39 is 0 Å². The molecule has 3 unspecified atom stereocenters. The van der Waals surface area contributed by atoms with Crippen molar-refractivity contribution in [2.45, 2.75) is 71.6 Å². The van der Waals surface area contributed by atoms with E-state index in [4.69, 9.17) is 4.74 Å². The van der Waals surface area contributed by atoms with E-state index in [1.54, 1.807) is 0 Å². The molecule has 1 aliphatic rings. The van der Waals surface area contributed by atoms with Crippen LogP contribution >= 0.6 is 0 Å². The van der Waals surface area contributed by atoms with Crippen LogP contribution in [0, 0.1) is 11.8 Å².